The molecule has 0 aromatic heterocycles. The van der Waals surface area contributed by atoms with Crippen molar-refractivity contribution in [3.63, 3.8) is 0 Å². The quantitative estimate of drug-likeness (QED) is 0.715. The second-order valence-corrected chi connectivity index (χ2v) is 3.93. The molecule has 74 valence electrons. The summed E-state index contributed by atoms with van der Waals surface area (Å²) in [5.41, 5.74) is 1.37. The van der Waals surface area contributed by atoms with Gasteiger partial charge in [-0.3, -0.25) is 0 Å². The third-order valence-electron chi connectivity index (χ3n) is 2.71. The SMILES string of the molecule is C1=CCC(CNCc2ccccc2)C1. The van der Waals surface area contributed by atoms with Gasteiger partial charge in [-0.1, -0.05) is 42.5 Å². The highest BCUT2D eigenvalue weighted by Crippen LogP contribution is 2.16. The Balaban J connectivity index is 1.68. The molecular weight excluding hydrogens is 170 g/mol. The van der Waals surface area contributed by atoms with Crippen LogP contribution in [-0.4, -0.2) is 6.54 Å². The van der Waals surface area contributed by atoms with Gasteiger partial charge in [-0.25, -0.2) is 0 Å². The highest BCUT2D eigenvalue weighted by atomic mass is 14.9. The molecule has 1 aromatic carbocycles. The van der Waals surface area contributed by atoms with Crippen LogP contribution in [0.1, 0.15) is 18.4 Å². The fourth-order valence-corrected chi connectivity index (χ4v) is 1.86. The van der Waals surface area contributed by atoms with Crippen LogP contribution >= 0.6 is 0 Å². The highest BCUT2D eigenvalue weighted by Gasteiger charge is 2.08. The largest absolute Gasteiger partial charge is 0.312 e. The highest BCUT2D eigenvalue weighted by molar-refractivity contribution is 5.14. The first-order chi connectivity index (χ1) is 6.95. The van der Waals surface area contributed by atoms with Gasteiger partial charge in [0.15, 0.2) is 0 Å². The lowest BCUT2D eigenvalue weighted by Crippen LogP contribution is -2.20. The zero-order valence-electron chi connectivity index (χ0n) is 8.45. The maximum absolute atomic E-state index is 3.50. The monoisotopic (exact) mass is 187 g/mol. The Morgan fingerprint density at radius 3 is 2.50 bits per heavy atom. The zero-order valence-corrected chi connectivity index (χ0v) is 8.45. The van der Waals surface area contributed by atoms with E-state index in [2.05, 4.69) is 47.8 Å². The maximum atomic E-state index is 3.50. The first-order valence-electron chi connectivity index (χ1n) is 5.35. The molecule has 0 amide bonds. The molecule has 1 aliphatic carbocycles. The molecule has 0 saturated carbocycles. The predicted octanol–water partition coefficient (Wildman–Crippen LogP) is 2.74. The van der Waals surface area contributed by atoms with Gasteiger partial charge in [0.05, 0.1) is 0 Å². The average Bonchev–Trinajstić information content (AvgIpc) is 2.72. The van der Waals surface area contributed by atoms with E-state index in [0.717, 1.165) is 19.0 Å². The smallest absolute Gasteiger partial charge is 0.0205 e. The van der Waals surface area contributed by atoms with Gasteiger partial charge in [0, 0.05) is 6.54 Å². The van der Waals surface area contributed by atoms with Gasteiger partial charge in [0.25, 0.3) is 0 Å². The third-order valence-corrected chi connectivity index (χ3v) is 2.71. The molecule has 1 heteroatoms. The second-order valence-electron chi connectivity index (χ2n) is 3.93. The summed E-state index contributed by atoms with van der Waals surface area (Å²) >= 11 is 0. The van der Waals surface area contributed by atoms with E-state index in [1.54, 1.807) is 0 Å². The molecule has 14 heavy (non-hydrogen) atoms. The standard InChI is InChI=1S/C13H17N/c1-2-6-12(7-3-1)10-14-11-13-8-4-5-9-13/h1-7,13-14H,8-11H2. The number of benzene rings is 1. The van der Waals surface area contributed by atoms with Crippen LogP contribution in [0.4, 0.5) is 0 Å². The van der Waals surface area contributed by atoms with Crippen molar-refractivity contribution >= 4 is 0 Å². The Kier molecular flexibility index (Phi) is 3.36. The fraction of sp³-hybridized carbons (Fsp3) is 0.385. The Hall–Kier alpha value is -1.08. The Labute approximate surface area is 85.8 Å². The number of allylic oxidation sites excluding steroid dienone is 2. The molecule has 0 fully saturated rings. The molecule has 0 saturated heterocycles. The average molecular weight is 187 g/mol. The molecule has 0 spiro atoms. The van der Waals surface area contributed by atoms with Gasteiger partial charge < -0.3 is 5.32 Å². The zero-order chi connectivity index (χ0) is 9.64. The van der Waals surface area contributed by atoms with E-state index in [0.29, 0.717) is 0 Å². The summed E-state index contributed by atoms with van der Waals surface area (Å²) in [5, 5.41) is 3.50. The number of hydrogen-bond acceptors (Lipinski definition) is 1. The van der Waals surface area contributed by atoms with Crippen LogP contribution in [0, 0.1) is 5.92 Å². The summed E-state index contributed by atoms with van der Waals surface area (Å²) in [6.45, 7) is 2.14. The minimum absolute atomic E-state index is 0.832. The van der Waals surface area contributed by atoms with Gasteiger partial charge in [-0.05, 0) is 30.9 Å². The second kappa shape index (κ2) is 4.97. The van der Waals surface area contributed by atoms with E-state index in [-0.39, 0.29) is 0 Å². The van der Waals surface area contributed by atoms with Gasteiger partial charge >= 0.3 is 0 Å². The molecule has 0 heterocycles. The Bertz CT molecular complexity index is 281. The van der Waals surface area contributed by atoms with E-state index >= 15 is 0 Å². The normalized spacial score (nSPS) is 16.3. The number of nitrogens with one attached hydrogen (secondary N) is 1. The molecule has 1 aliphatic rings. The molecule has 0 radical (unpaired) electrons. The van der Waals surface area contributed by atoms with Crippen molar-refractivity contribution in [2.24, 2.45) is 5.92 Å². The van der Waals surface area contributed by atoms with Crippen molar-refractivity contribution < 1.29 is 0 Å². The summed E-state index contributed by atoms with van der Waals surface area (Å²) in [4.78, 5) is 0. The minimum atomic E-state index is 0.832. The molecular formula is C13H17N. The van der Waals surface area contributed by atoms with Crippen molar-refractivity contribution in [2.75, 3.05) is 6.54 Å². The first kappa shape index (κ1) is 9.47. The Morgan fingerprint density at radius 2 is 1.79 bits per heavy atom. The summed E-state index contributed by atoms with van der Waals surface area (Å²) in [6.07, 6.45) is 7.08. The van der Waals surface area contributed by atoms with Crippen LogP contribution in [0.5, 0.6) is 0 Å². The van der Waals surface area contributed by atoms with Crippen LogP contribution in [0.3, 0.4) is 0 Å². The summed E-state index contributed by atoms with van der Waals surface area (Å²) < 4.78 is 0. The van der Waals surface area contributed by atoms with Crippen molar-refractivity contribution in [1.29, 1.82) is 0 Å². The van der Waals surface area contributed by atoms with E-state index < -0.39 is 0 Å². The molecule has 1 nitrogen and oxygen atoms in total. The topological polar surface area (TPSA) is 12.0 Å². The molecule has 2 rings (SSSR count). The van der Waals surface area contributed by atoms with E-state index in [1.807, 2.05) is 0 Å². The lowest BCUT2D eigenvalue weighted by Gasteiger charge is -2.10. The van der Waals surface area contributed by atoms with Gasteiger partial charge in [-0.2, -0.15) is 0 Å². The molecule has 0 aliphatic heterocycles. The molecule has 0 bridgehead atoms. The lowest BCUT2D eigenvalue weighted by atomic mass is 10.1. The van der Waals surface area contributed by atoms with Crippen LogP contribution in [0.15, 0.2) is 42.5 Å². The molecule has 0 unspecified atom stereocenters. The van der Waals surface area contributed by atoms with Crippen LogP contribution in [0.25, 0.3) is 0 Å². The van der Waals surface area contributed by atoms with E-state index in [4.69, 9.17) is 0 Å². The fourth-order valence-electron chi connectivity index (χ4n) is 1.86. The molecule has 1 aromatic rings. The van der Waals surface area contributed by atoms with Gasteiger partial charge in [-0.15, -0.1) is 0 Å². The molecule has 1 N–H and O–H groups in total. The molecule has 0 atom stereocenters. The van der Waals surface area contributed by atoms with E-state index in [1.165, 1.54) is 18.4 Å². The van der Waals surface area contributed by atoms with Crippen molar-refractivity contribution in [2.45, 2.75) is 19.4 Å². The summed E-state index contributed by atoms with van der Waals surface area (Å²) in [5.74, 6) is 0.832. The van der Waals surface area contributed by atoms with Gasteiger partial charge in [0.1, 0.15) is 0 Å². The van der Waals surface area contributed by atoms with Crippen molar-refractivity contribution in [3.8, 4) is 0 Å². The minimum Gasteiger partial charge on any atom is -0.312 e. The van der Waals surface area contributed by atoms with Crippen molar-refractivity contribution in [1.82, 2.24) is 5.32 Å². The van der Waals surface area contributed by atoms with Gasteiger partial charge in [0.2, 0.25) is 0 Å². The lowest BCUT2D eigenvalue weighted by molar-refractivity contribution is 0.503. The maximum Gasteiger partial charge on any atom is 0.0205 e. The first-order valence-corrected chi connectivity index (χ1v) is 5.35. The third kappa shape index (κ3) is 2.71. The predicted molar refractivity (Wildman–Crippen MR) is 60.0 cm³/mol. The number of hydrogen-bond donors (Lipinski definition) is 1. The van der Waals surface area contributed by atoms with Crippen LogP contribution in [-0.2, 0) is 6.54 Å². The van der Waals surface area contributed by atoms with Crippen LogP contribution < -0.4 is 5.32 Å². The Morgan fingerprint density at radius 1 is 1.07 bits per heavy atom. The summed E-state index contributed by atoms with van der Waals surface area (Å²) in [7, 11) is 0. The van der Waals surface area contributed by atoms with E-state index in [9.17, 15) is 0 Å². The van der Waals surface area contributed by atoms with Crippen LogP contribution in [0.2, 0.25) is 0 Å². The van der Waals surface area contributed by atoms with Crippen molar-refractivity contribution in [3.05, 3.63) is 48.0 Å². The number of rotatable bonds is 4. The summed E-state index contributed by atoms with van der Waals surface area (Å²) in [6, 6.07) is 10.6.